The Labute approximate surface area is 108 Å². The highest BCUT2D eigenvalue weighted by Crippen LogP contribution is 2.64. The first-order valence-corrected chi connectivity index (χ1v) is 6.38. The second-order valence-electron chi connectivity index (χ2n) is 5.98. The summed E-state index contributed by atoms with van der Waals surface area (Å²) >= 11 is 0. The monoisotopic (exact) mass is 242 g/mol. The molecule has 0 N–H and O–H groups in total. The Hall–Kier alpha value is -1.57. The average molecular weight is 242 g/mol. The number of hydrogen-bond acceptors (Lipinski definition) is 2. The second-order valence-corrected chi connectivity index (χ2v) is 5.98. The molecule has 2 nitrogen and oxygen atoms in total. The predicted molar refractivity (Wildman–Crippen MR) is 70.8 cm³/mol. The summed E-state index contributed by atoms with van der Waals surface area (Å²) in [6, 6.07) is 0. The van der Waals surface area contributed by atoms with Gasteiger partial charge >= 0.3 is 5.97 Å². The van der Waals surface area contributed by atoms with Crippen LogP contribution in [0.4, 0.5) is 0 Å². The van der Waals surface area contributed by atoms with E-state index >= 15 is 0 Å². The lowest BCUT2D eigenvalue weighted by atomic mass is 9.60. The zero-order valence-corrected chi connectivity index (χ0v) is 11.1. The highest BCUT2D eigenvalue weighted by Gasteiger charge is 2.62. The summed E-state index contributed by atoms with van der Waals surface area (Å²) in [4.78, 5) is 12.5. The van der Waals surface area contributed by atoms with Crippen LogP contribution in [0.25, 0.3) is 0 Å². The number of methoxy groups -OCH3 is 1. The quantitative estimate of drug-likeness (QED) is 0.660. The zero-order valence-electron chi connectivity index (χ0n) is 11.1. The number of esters is 1. The molecule has 3 aliphatic rings. The van der Waals surface area contributed by atoms with Gasteiger partial charge in [-0.25, -0.2) is 0 Å². The van der Waals surface area contributed by atoms with E-state index in [-0.39, 0.29) is 17.3 Å². The molecule has 0 aromatic heterocycles. The molecule has 0 bridgehead atoms. The van der Waals surface area contributed by atoms with E-state index in [1.807, 2.05) is 12.2 Å². The van der Waals surface area contributed by atoms with Gasteiger partial charge in [0.25, 0.3) is 0 Å². The van der Waals surface area contributed by atoms with Crippen LogP contribution in [0.3, 0.4) is 0 Å². The summed E-state index contributed by atoms with van der Waals surface area (Å²) in [5, 5.41) is 0. The zero-order chi connectivity index (χ0) is 13.0. The Kier molecular flexibility index (Phi) is 2.22. The molecule has 18 heavy (non-hydrogen) atoms. The summed E-state index contributed by atoms with van der Waals surface area (Å²) in [5.74, 6) is 0.0491. The lowest BCUT2D eigenvalue weighted by Crippen LogP contribution is -2.45. The molecule has 0 heterocycles. The van der Waals surface area contributed by atoms with E-state index in [0.29, 0.717) is 0 Å². The van der Waals surface area contributed by atoms with Crippen molar-refractivity contribution in [1.29, 1.82) is 0 Å². The maximum atomic E-state index is 12.5. The molecule has 1 saturated carbocycles. The first-order valence-electron chi connectivity index (χ1n) is 6.38. The fourth-order valence-corrected chi connectivity index (χ4v) is 3.87. The van der Waals surface area contributed by atoms with Crippen molar-refractivity contribution in [2.45, 2.75) is 20.3 Å². The smallest absolute Gasteiger partial charge is 0.317 e. The molecule has 2 atom stereocenters. The van der Waals surface area contributed by atoms with Crippen LogP contribution in [-0.2, 0) is 9.53 Å². The van der Waals surface area contributed by atoms with E-state index < -0.39 is 5.41 Å². The molecule has 3 rings (SSSR count). The molecular formula is C16H18O2. The van der Waals surface area contributed by atoms with Crippen LogP contribution in [0.5, 0.6) is 0 Å². The van der Waals surface area contributed by atoms with Crippen molar-refractivity contribution in [3.8, 4) is 0 Å². The van der Waals surface area contributed by atoms with E-state index in [2.05, 4.69) is 38.2 Å². The van der Waals surface area contributed by atoms with Crippen molar-refractivity contribution >= 4 is 5.97 Å². The molecule has 0 aromatic rings. The third kappa shape index (κ3) is 1.16. The van der Waals surface area contributed by atoms with Gasteiger partial charge in [0.2, 0.25) is 0 Å². The maximum Gasteiger partial charge on any atom is 0.317 e. The van der Waals surface area contributed by atoms with Crippen molar-refractivity contribution in [1.82, 2.24) is 0 Å². The van der Waals surface area contributed by atoms with Gasteiger partial charge in [-0.05, 0) is 17.4 Å². The van der Waals surface area contributed by atoms with E-state index in [1.54, 1.807) is 0 Å². The topological polar surface area (TPSA) is 26.3 Å². The van der Waals surface area contributed by atoms with Gasteiger partial charge in [0.05, 0.1) is 7.11 Å². The van der Waals surface area contributed by atoms with Crippen LogP contribution < -0.4 is 0 Å². The molecule has 2 heteroatoms. The third-order valence-corrected chi connectivity index (χ3v) is 4.70. The first-order chi connectivity index (χ1) is 8.53. The van der Waals surface area contributed by atoms with Crippen molar-refractivity contribution in [3.05, 3.63) is 47.6 Å². The molecule has 1 fully saturated rings. The molecule has 0 unspecified atom stereocenters. The van der Waals surface area contributed by atoms with Gasteiger partial charge in [0.15, 0.2) is 0 Å². The lowest BCUT2D eigenvalue weighted by molar-refractivity contribution is -0.156. The van der Waals surface area contributed by atoms with Crippen molar-refractivity contribution in [3.63, 3.8) is 0 Å². The average Bonchev–Trinajstić information content (AvgIpc) is 2.59. The molecule has 94 valence electrons. The summed E-state index contributed by atoms with van der Waals surface area (Å²) in [6.45, 7) is 4.33. The van der Waals surface area contributed by atoms with Crippen molar-refractivity contribution in [2.24, 2.45) is 16.7 Å². The lowest BCUT2D eigenvalue weighted by Gasteiger charge is -2.42. The highest BCUT2D eigenvalue weighted by molar-refractivity contribution is 5.84. The summed E-state index contributed by atoms with van der Waals surface area (Å²) in [5.41, 5.74) is 1.93. The number of carbonyl (C=O) groups excluding carboxylic acids is 1. The minimum Gasteiger partial charge on any atom is -0.468 e. The van der Waals surface area contributed by atoms with Gasteiger partial charge in [0.1, 0.15) is 5.41 Å². The molecule has 3 aliphatic carbocycles. The predicted octanol–water partition coefficient (Wildman–Crippen LogP) is 3.18. The summed E-state index contributed by atoms with van der Waals surface area (Å²) < 4.78 is 5.13. The molecule has 0 spiro atoms. The van der Waals surface area contributed by atoms with Gasteiger partial charge in [-0.3, -0.25) is 4.79 Å². The third-order valence-electron chi connectivity index (χ3n) is 4.70. The highest BCUT2D eigenvalue weighted by atomic mass is 16.5. The van der Waals surface area contributed by atoms with Crippen molar-refractivity contribution < 1.29 is 9.53 Å². The van der Waals surface area contributed by atoms with E-state index in [1.165, 1.54) is 18.3 Å². The number of rotatable bonds is 1. The molecule has 0 saturated heterocycles. The van der Waals surface area contributed by atoms with Crippen LogP contribution in [0.1, 0.15) is 20.3 Å². The van der Waals surface area contributed by atoms with E-state index in [0.717, 1.165) is 6.42 Å². The second kappa shape index (κ2) is 3.47. The Bertz CT molecular complexity index is 531. The van der Waals surface area contributed by atoms with Crippen LogP contribution in [0.15, 0.2) is 47.6 Å². The minimum atomic E-state index is -0.539. The maximum absolute atomic E-state index is 12.5. The Balaban J connectivity index is 2.24. The number of ether oxygens (including phenoxy) is 1. The van der Waals surface area contributed by atoms with Gasteiger partial charge in [-0.15, -0.1) is 0 Å². The van der Waals surface area contributed by atoms with Crippen molar-refractivity contribution in [2.75, 3.05) is 7.11 Å². The van der Waals surface area contributed by atoms with Crippen LogP contribution in [0, 0.1) is 16.7 Å². The number of carbonyl (C=O) groups is 1. The molecule has 0 aliphatic heterocycles. The first kappa shape index (κ1) is 11.5. The van der Waals surface area contributed by atoms with Gasteiger partial charge in [-0.1, -0.05) is 55.9 Å². The van der Waals surface area contributed by atoms with Gasteiger partial charge in [-0.2, -0.15) is 0 Å². The minimum absolute atomic E-state index is 0.112. The van der Waals surface area contributed by atoms with E-state index in [9.17, 15) is 4.79 Å². The fourth-order valence-electron chi connectivity index (χ4n) is 3.87. The number of hydrogen-bond donors (Lipinski definition) is 0. The Morgan fingerprint density at radius 3 is 2.83 bits per heavy atom. The Morgan fingerprint density at radius 2 is 2.11 bits per heavy atom. The largest absolute Gasteiger partial charge is 0.468 e. The molecule has 0 amide bonds. The fraction of sp³-hybridized carbons (Fsp3) is 0.438. The van der Waals surface area contributed by atoms with Crippen LogP contribution in [-0.4, -0.2) is 13.1 Å². The number of allylic oxidation sites excluding steroid dienone is 7. The summed E-state index contributed by atoms with van der Waals surface area (Å²) in [7, 11) is 1.49. The van der Waals surface area contributed by atoms with E-state index in [4.69, 9.17) is 4.74 Å². The normalized spacial score (nSPS) is 34.7. The SMILES string of the molecule is COC(=O)[C@@]12C=CC=C3C=CC=C(CC1(C)C)[C@H]32. The Morgan fingerprint density at radius 1 is 1.33 bits per heavy atom. The van der Waals surface area contributed by atoms with Crippen LogP contribution in [0.2, 0.25) is 0 Å². The molecule has 0 aromatic carbocycles. The van der Waals surface area contributed by atoms with Gasteiger partial charge in [0, 0.05) is 5.92 Å². The molecular weight excluding hydrogens is 224 g/mol. The van der Waals surface area contributed by atoms with Crippen LogP contribution >= 0.6 is 0 Å². The van der Waals surface area contributed by atoms with Gasteiger partial charge < -0.3 is 4.74 Å². The summed E-state index contributed by atoms with van der Waals surface area (Å²) in [6.07, 6.45) is 13.5. The standard InChI is InChI=1S/C16H18O2/c1-15(2)10-12-7-4-6-11-8-5-9-16(15,13(11)12)14(17)18-3/h4-9,13H,10H2,1-3H3/t13-,16-/m0/s1. The molecule has 0 radical (unpaired) electrons.